The Kier molecular flexibility index (Phi) is 1.37. The molecule has 1 rings (SSSR count). The molecule has 1 aromatic rings. The molecule has 0 saturated heterocycles. The maximum Gasteiger partial charge on any atom is 0.0866 e. The SMILES string of the molecule is Cc1nn(N)c(C)c1Cl. The van der Waals surface area contributed by atoms with Crippen molar-refractivity contribution in [3.63, 3.8) is 0 Å². The average Bonchev–Trinajstić information content (AvgIpc) is 1.98. The lowest BCUT2D eigenvalue weighted by atomic mass is 10.4. The molecule has 0 amide bonds. The van der Waals surface area contributed by atoms with Crippen LogP contribution in [-0.4, -0.2) is 9.89 Å². The van der Waals surface area contributed by atoms with E-state index in [0.29, 0.717) is 5.02 Å². The zero-order valence-electron chi connectivity index (χ0n) is 5.35. The molecule has 0 unspecified atom stereocenters. The third kappa shape index (κ3) is 0.876. The van der Waals surface area contributed by atoms with Gasteiger partial charge in [0.15, 0.2) is 0 Å². The van der Waals surface area contributed by atoms with Crippen LogP contribution in [0.1, 0.15) is 11.4 Å². The first kappa shape index (κ1) is 6.42. The molecule has 0 aliphatic carbocycles. The lowest BCUT2D eigenvalue weighted by Crippen LogP contribution is -2.11. The van der Waals surface area contributed by atoms with Gasteiger partial charge in [-0.05, 0) is 13.8 Å². The van der Waals surface area contributed by atoms with Crippen LogP contribution < -0.4 is 5.84 Å². The minimum Gasteiger partial charge on any atom is -0.323 e. The van der Waals surface area contributed by atoms with Gasteiger partial charge in [-0.3, -0.25) is 0 Å². The number of rotatable bonds is 0. The van der Waals surface area contributed by atoms with Crippen molar-refractivity contribution in [2.24, 2.45) is 0 Å². The van der Waals surface area contributed by atoms with Crippen molar-refractivity contribution in [1.82, 2.24) is 9.89 Å². The summed E-state index contributed by atoms with van der Waals surface area (Å²) in [7, 11) is 0. The van der Waals surface area contributed by atoms with Crippen molar-refractivity contribution in [1.29, 1.82) is 0 Å². The minimum atomic E-state index is 0.650. The first-order chi connectivity index (χ1) is 4.13. The number of hydrogen-bond acceptors (Lipinski definition) is 2. The van der Waals surface area contributed by atoms with E-state index in [2.05, 4.69) is 5.10 Å². The predicted molar refractivity (Wildman–Crippen MR) is 36.9 cm³/mol. The number of aryl methyl sites for hydroxylation is 1. The third-order valence-electron chi connectivity index (χ3n) is 1.24. The molecule has 0 fully saturated rings. The molecule has 3 nitrogen and oxygen atoms in total. The Hall–Kier alpha value is -0.700. The number of nitrogen functional groups attached to an aromatic ring is 1. The highest BCUT2D eigenvalue weighted by Crippen LogP contribution is 2.16. The molecule has 2 N–H and O–H groups in total. The van der Waals surface area contributed by atoms with Crippen molar-refractivity contribution >= 4 is 11.6 Å². The molecule has 0 aliphatic rings. The normalized spacial score (nSPS) is 10.1. The molecule has 50 valence electrons. The summed E-state index contributed by atoms with van der Waals surface area (Å²) in [5.41, 5.74) is 1.57. The van der Waals surface area contributed by atoms with Gasteiger partial charge in [0.2, 0.25) is 0 Å². The number of hydrogen-bond donors (Lipinski definition) is 1. The van der Waals surface area contributed by atoms with Gasteiger partial charge in [-0.15, -0.1) is 0 Å². The van der Waals surface area contributed by atoms with E-state index >= 15 is 0 Å². The molecular formula is C5H8ClN3. The van der Waals surface area contributed by atoms with Crippen molar-refractivity contribution in [2.45, 2.75) is 13.8 Å². The Balaban J connectivity index is 3.29. The summed E-state index contributed by atoms with van der Waals surface area (Å²) in [6, 6.07) is 0. The van der Waals surface area contributed by atoms with Gasteiger partial charge in [-0.2, -0.15) is 9.89 Å². The van der Waals surface area contributed by atoms with E-state index in [1.807, 2.05) is 13.8 Å². The fourth-order valence-corrected chi connectivity index (χ4v) is 0.767. The summed E-state index contributed by atoms with van der Waals surface area (Å²) < 4.78 is 0. The van der Waals surface area contributed by atoms with E-state index in [9.17, 15) is 0 Å². The van der Waals surface area contributed by atoms with Crippen LogP contribution in [0.4, 0.5) is 0 Å². The summed E-state index contributed by atoms with van der Waals surface area (Å²) in [4.78, 5) is 1.28. The van der Waals surface area contributed by atoms with E-state index in [4.69, 9.17) is 17.4 Å². The maximum absolute atomic E-state index is 5.74. The Morgan fingerprint density at radius 3 is 2.22 bits per heavy atom. The molecule has 0 radical (unpaired) electrons. The van der Waals surface area contributed by atoms with Crippen LogP contribution in [-0.2, 0) is 0 Å². The van der Waals surface area contributed by atoms with Gasteiger partial charge in [-0.1, -0.05) is 11.6 Å². The quantitative estimate of drug-likeness (QED) is 0.551. The summed E-state index contributed by atoms with van der Waals surface area (Å²) >= 11 is 5.74. The highest BCUT2D eigenvalue weighted by Gasteiger charge is 2.04. The molecule has 0 aliphatic heterocycles. The van der Waals surface area contributed by atoms with E-state index in [-0.39, 0.29) is 0 Å². The molecule has 4 heteroatoms. The molecule has 1 aromatic heterocycles. The largest absolute Gasteiger partial charge is 0.323 e. The number of nitrogens with zero attached hydrogens (tertiary/aromatic N) is 2. The van der Waals surface area contributed by atoms with Crippen LogP contribution in [0.15, 0.2) is 0 Å². The Morgan fingerprint density at radius 2 is 2.11 bits per heavy atom. The lowest BCUT2D eigenvalue weighted by molar-refractivity contribution is 0.789. The van der Waals surface area contributed by atoms with Gasteiger partial charge in [0.1, 0.15) is 0 Å². The summed E-state index contributed by atoms with van der Waals surface area (Å²) in [6.07, 6.45) is 0. The van der Waals surface area contributed by atoms with Gasteiger partial charge in [0.05, 0.1) is 16.4 Å². The fourth-order valence-electron chi connectivity index (χ4n) is 0.643. The lowest BCUT2D eigenvalue weighted by Gasteiger charge is -1.89. The molecule has 0 saturated carbocycles. The summed E-state index contributed by atoms with van der Waals surface area (Å²) in [6.45, 7) is 3.64. The fraction of sp³-hybridized carbons (Fsp3) is 0.400. The Labute approximate surface area is 58.4 Å². The van der Waals surface area contributed by atoms with E-state index in [1.54, 1.807) is 0 Å². The Morgan fingerprint density at radius 1 is 1.56 bits per heavy atom. The summed E-state index contributed by atoms with van der Waals surface area (Å²) in [5, 5.41) is 4.52. The zero-order valence-corrected chi connectivity index (χ0v) is 6.11. The van der Waals surface area contributed by atoms with Gasteiger partial charge >= 0.3 is 0 Å². The molecular weight excluding hydrogens is 138 g/mol. The smallest absolute Gasteiger partial charge is 0.0866 e. The molecule has 9 heavy (non-hydrogen) atoms. The van der Waals surface area contributed by atoms with Crippen LogP contribution in [0.5, 0.6) is 0 Å². The maximum atomic E-state index is 5.74. The van der Waals surface area contributed by atoms with Gasteiger partial charge in [0, 0.05) is 0 Å². The first-order valence-corrected chi connectivity index (χ1v) is 2.97. The third-order valence-corrected chi connectivity index (χ3v) is 1.78. The van der Waals surface area contributed by atoms with Crippen LogP contribution in [0.25, 0.3) is 0 Å². The standard InChI is InChI=1S/C5H8ClN3/c1-3-5(6)4(2)9(7)8-3/h7H2,1-2H3. The van der Waals surface area contributed by atoms with Crippen molar-refractivity contribution in [3.8, 4) is 0 Å². The highest BCUT2D eigenvalue weighted by molar-refractivity contribution is 6.31. The van der Waals surface area contributed by atoms with Crippen LogP contribution in [0, 0.1) is 13.8 Å². The summed E-state index contributed by atoms with van der Waals surface area (Å²) in [5.74, 6) is 5.36. The van der Waals surface area contributed by atoms with Gasteiger partial charge in [-0.25, -0.2) is 0 Å². The molecule has 0 atom stereocenters. The van der Waals surface area contributed by atoms with E-state index in [1.165, 1.54) is 4.79 Å². The first-order valence-electron chi connectivity index (χ1n) is 2.59. The second-order valence-electron chi connectivity index (χ2n) is 1.93. The zero-order chi connectivity index (χ0) is 7.02. The van der Waals surface area contributed by atoms with Crippen molar-refractivity contribution < 1.29 is 0 Å². The van der Waals surface area contributed by atoms with Crippen LogP contribution in [0.2, 0.25) is 5.02 Å². The molecule has 1 heterocycles. The van der Waals surface area contributed by atoms with Crippen molar-refractivity contribution in [2.75, 3.05) is 5.84 Å². The van der Waals surface area contributed by atoms with Gasteiger partial charge in [0.25, 0.3) is 0 Å². The van der Waals surface area contributed by atoms with Crippen LogP contribution in [0.3, 0.4) is 0 Å². The minimum absolute atomic E-state index is 0.650. The second kappa shape index (κ2) is 1.92. The predicted octanol–water partition coefficient (Wildman–Crippen LogP) is 0.867. The second-order valence-corrected chi connectivity index (χ2v) is 2.31. The Bertz CT molecular complexity index is 206. The molecule has 0 spiro atoms. The molecule has 0 bridgehead atoms. The van der Waals surface area contributed by atoms with E-state index < -0.39 is 0 Å². The average molecular weight is 146 g/mol. The van der Waals surface area contributed by atoms with Gasteiger partial charge < -0.3 is 5.84 Å². The van der Waals surface area contributed by atoms with E-state index in [0.717, 1.165) is 11.4 Å². The number of halogens is 1. The molecule has 0 aromatic carbocycles. The van der Waals surface area contributed by atoms with Crippen LogP contribution >= 0.6 is 11.6 Å². The van der Waals surface area contributed by atoms with Crippen molar-refractivity contribution in [3.05, 3.63) is 16.4 Å². The number of nitrogens with two attached hydrogens (primary N) is 1. The topological polar surface area (TPSA) is 43.8 Å². The monoisotopic (exact) mass is 145 g/mol. The number of aromatic nitrogens is 2. The highest BCUT2D eigenvalue weighted by atomic mass is 35.5.